The highest BCUT2D eigenvalue weighted by molar-refractivity contribution is 7.99. The third-order valence-electron chi connectivity index (χ3n) is 4.41. The molecule has 0 atom stereocenters. The average Bonchev–Trinajstić information content (AvgIpc) is 3.22. The van der Waals surface area contributed by atoms with Crippen LogP contribution >= 0.6 is 11.8 Å². The van der Waals surface area contributed by atoms with Crippen molar-refractivity contribution in [2.24, 2.45) is 7.05 Å². The fourth-order valence-corrected chi connectivity index (χ4v) is 3.59. The zero-order valence-electron chi connectivity index (χ0n) is 13.6. The van der Waals surface area contributed by atoms with Crippen LogP contribution < -0.4 is 0 Å². The van der Waals surface area contributed by atoms with Gasteiger partial charge in [-0.1, -0.05) is 11.8 Å². The minimum Gasteiger partial charge on any atom is -0.351 e. The molecule has 6 heteroatoms. The summed E-state index contributed by atoms with van der Waals surface area (Å²) in [6.07, 6.45) is 2.43. The lowest BCUT2D eigenvalue weighted by molar-refractivity contribution is 0.102. The van der Waals surface area contributed by atoms with Gasteiger partial charge in [0.25, 0.3) is 0 Å². The molecule has 2 heterocycles. The lowest BCUT2D eigenvalue weighted by Gasteiger charge is -2.06. The van der Waals surface area contributed by atoms with Crippen LogP contribution in [-0.2, 0) is 13.6 Å². The summed E-state index contributed by atoms with van der Waals surface area (Å²) in [6, 6.07) is 1.97. The molecule has 0 amide bonds. The Morgan fingerprint density at radius 2 is 2.09 bits per heavy atom. The first-order valence-corrected chi connectivity index (χ1v) is 8.73. The van der Waals surface area contributed by atoms with E-state index in [2.05, 4.69) is 26.3 Å². The average molecular weight is 318 g/mol. The van der Waals surface area contributed by atoms with Crippen molar-refractivity contribution in [3.05, 3.63) is 28.8 Å². The van der Waals surface area contributed by atoms with Crippen LogP contribution in [0.3, 0.4) is 0 Å². The molecule has 0 aliphatic heterocycles. The number of rotatable bonds is 6. The first-order valence-electron chi connectivity index (χ1n) is 7.75. The van der Waals surface area contributed by atoms with E-state index in [1.165, 1.54) is 24.6 Å². The second kappa shape index (κ2) is 5.91. The fourth-order valence-electron chi connectivity index (χ4n) is 2.69. The molecule has 0 unspecified atom stereocenters. The molecular formula is C16H22N4OS. The maximum Gasteiger partial charge on any atom is 0.191 e. The number of thioether (sulfide) groups is 1. The Kier molecular flexibility index (Phi) is 4.12. The predicted molar refractivity (Wildman–Crippen MR) is 87.6 cm³/mol. The van der Waals surface area contributed by atoms with Gasteiger partial charge in [-0.3, -0.25) is 4.79 Å². The maximum absolute atomic E-state index is 12.5. The number of aromatic nitrogens is 4. The highest BCUT2D eigenvalue weighted by atomic mass is 32.2. The standard InChI is InChI=1S/C16H22N4OS/c1-5-20-15(12-6-7-12)17-18-16(20)22-9-14(21)13-8-10(2)19(4)11(13)3/h8,12H,5-7,9H2,1-4H3. The number of carbonyl (C=O) groups excluding carboxylic acids is 1. The van der Waals surface area contributed by atoms with Crippen LogP contribution in [0.1, 0.15) is 53.3 Å². The molecule has 22 heavy (non-hydrogen) atoms. The summed E-state index contributed by atoms with van der Waals surface area (Å²) >= 11 is 1.49. The summed E-state index contributed by atoms with van der Waals surface area (Å²) in [5, 5.41) is 9.45. The van der Waals surface area contributed by atoms with Gasteiger partial charge in [-0.25, -0.2) is 0 Å². The van der Waals surface area contributed by atoms with E-state index in [1.54, 1.807) is 0 Å². The van der Waals surface area contributed by atoms with Gasteiger partial charge in [-0.2, -0.15) is 0 Å². The third kappa shape index (κ3) is 2.72. The smallest absolute Gasteiger partial charge is 0.191 e. The molecule has 1 aliphatic carbocycles. The van der Waals surface area contributed by atoms with E-state index in [0.717, 1.165) is 34.5 Å². The van der Waals surface area contributed by atoms with Crippen molar-refractivity contribution in [3.63, 3.8) is 0 Å². The molecule has 0 N–H and O–H groups in total. The van der Waals surface area contributed by atoms with Crippen LogP contribution in [0, 0.1) is 13.8 Å². The molecule has 0 spiro atoms. The molecule has 1 saturated carbocycles. The van der Waals surface area contributed by atoms with E-state index >= 15 is 0 Å². The van der Waals surface area contributed by atoms with Crippen LogP contribution in [-0.4, -0.2) is 30.9 Å². The molecule has 0 saturated heterocycles. The molecule has 0 aromatic carbocycles. The van der Waals surface area contributed by atoms with Gasteiger partial charge in [0, 0.05) is 36.5 Å². The number of aryl methyl sites for hydroxylation is 1. The van der Waals surface area contributed by atoms with Gasteiger partial charge < -0.3 is 9.13 Å². The second-order valence-corrected chi connectivity index (χ2v) is 6.86. The van der Waals surface area contributed by atoms with Crippen molar-refractivity contribution < 1.29 is 4.79 Å². The van der Waals surface area contributed by atoms with E-state index in [-0.39, 0.29) is 5.78 Å². The largest absolute Gasteiger partial charge is 0.351 e. The minimum absolute atomic E-state index is 0.157. The Hall–Kier alpha value is -1.56. The predicted octanol–water partition coefficient (Wildman–Crippen LogP) is 3.11. The SMILES string of the molecule is CCn1c(SCC(=O)c2cc(C)n(C)c2C)nnc1C1CC1. The molecule has 1 fully saturated rings. The summed E-state index contributed by atoms with van der Waals surface area (Å²) in [5.74, 6) is 2.23. The number of nitrogens with zero attached hydrogens (tertiary/aromatic N) is 4. The van der Waals surface area contributed by atoms with Crippen LogP contribution in [0.5, 0.6) is 0 Å². The molecule has 2 aromatic rings. The van der Waals surface area contributed by atoms with E-state index < -0.39 is 0 Å². The Balaban J connectivity index is 1.72. The molecule has 0 bridgehead atoms. The lowest BCUT2D eigenvalue weighted by Crippen LogP contribution is -2.07. The molecule has 1 aliphatic rings. The third-order valence-corrected chi connectivity index (χ3v) is 5.38. The summed E-state index contributed by atoms with van der Waals surface area (Å²) in [4.78, 5) is 12.5. The van der Waals surface area contributed by atoms with Gasteiger partial charge in [-0.15, -0.1) is 10.2 Å². The monoisotopic (exact) mass is 318 g/mol. The van der Waals surface area contributed by atoms with Crippen LogP contribution in [0.15, 0.2) is 11.2 Å². The van der Waals surface area contributed by atoms with E-state index in [4.69, 9.17) is 0 Å². The fraction of sp³-hybridized carbons (Fsp3) is 0.562. The van der Waals surface area contributed by atoms with Gasteiger partial charge >= 0.3 is 0 Å². The van der Waals surface area contributed by atoms with Gasteiger partial charge in [0.1, 0.15) is 5.82 Å². The molecular weight excluding hydrogens is 296 g/mol. The zero-order chi connectivity index (χ0) is 15.9. The number of hydrogen-bond acceptors (Lipinski definition) is 4. The van der Waals surface area contributed by atoms with Crippen molar-refractivity contribution >= 4 is 17.5 Å². The van der Waals surface area contributed by atoms with Crippen molar-refractivity contribution in [3.8, 4) is 0 Å². The summed E-state index contributed by atoms with van der Waals surface area (Å²) in [6.45, 7) is 6.97. The zero-order valence-corrected chi connectivity index (χ0v) is 14.4. The first-order chi connectivity index (χ1) is 10.5. The van der Waals surface area contributed by atoms with Crippen molar-refractivity contribution in [2.75, 3.05) is 5.75 Å². The van der Waals surface area contributed by atoms with Gasteiger partial charge in [0.2, 0.25) is 0 Å². The van der Waals surface area contributed by atoms with Crippen LogP contribution in [0.2, 0.25) is 0 Å². The Morgan fingerprint density at radius 1 is 1.36 bits per heavy atom. The number of Topliss-reactive ketones (excluding diaryl/α,β-unsaturated/α-hetero) is 1. The number of carbonyl (C=O) groups is 1. The quantitative estimate of drug-likeness (QED) is 0.606. The molecule has 3 rings (SSSR count). The van der Waals surface area contributed by atoms with Crippen LogP contribution in [0.4, 0.5) is 0 Å². The number of hydrogen-bond donors (Lipinski definition) is 0. The molecule has 5 nitrogen and oxygen atoms in total. The molecule has 118 valence electrons. The molecule has 2 aromatic heterocycles. The Morgan fingerprint density at radius 3 is 2.64 bits per heavy atom. The van der Waals surface area contributed by atoms with Gasteiger partial charge in [0.05, 0.1) is 5.75 Å². The lowest BCUT2D eigenvalue weighted by atomic mass is 10.2. The van der Waals surface area contributed by atoms with Crippen molar-refractivity contribution in [1.29, 1.82) is 0 Å². The summed E-state index contributed by atoms with van der Waals surface area (Å²) in [5.41, 5.74) is 2.95. The van der Waals surface area contributed by atoms with E-state index in [0.29, 0.717) is 11.7 Å². The van der Waals surface area contributed by atoms with Gasteiger partial charge in [-0.05, 0) is 39.7 Å². The normalized spacial score (nSPS) is 14.5. The highest BCUT2D eigenvalue weighted by Gasteiger charge is 2.30. The number of ketones is 1. The Bertz CT molecular complexity index is 712. The second-order valence-electron chi connectivity index (χ2n) is 5.91. The Labute approximate surface area is 135 Å². The van der Waals surface area contributed by atoms with Crippen molar-refractivity contribution in [2.45, 2.75) is 51.2 Å². The van der Waals surface area contributed by atoms with E-state index in [1.807, 2.05) is 27.0 Å². The summed E-state index contributed by atoms with van der Waals surface area (Å²) < 4.78 is 4.20. The van der Waals surface area contributed by atoms with Crippen LogP contribution in [0.25, 0.3) is 0 Å². The minimum atomic E-state index is 0.157. The first kappa shape index (κ1) is 15.3. The topological polar surface area (TPSA) is 52.7 Å². The molecule has 0 radical (unpaired) electrons. The van der Waals surface area contributed by atoms with Gasteiger partial charge in [0.15, 0.2) is 10.9 Å². The van der Waals surface area contributed by atoms with Crippen molar-refractivity contribution in [1.82, 2.24) is 19.3 Å². The maximum atomic E-state index is 12.5. The highest BCUT2D eigenvalue weighted by Crippen LogP contribution is 2.40. The summed E-state index contributed by atoms with van der Waals surface area (Å²) in [7, 11) is 1.99. The van der Waals surface area contributed by atoms with E-state index in [9.17, 15) is 4.79 Å².